The summed E-state index contributed by atoms with van der Waals surface area (Å²) in [6, 6.07) is 10.6. The van der Waals surface area contributed by atoms with Crippen molar-refractivity contribution in [1.29, 1.82) is 0 Å². The molecule has 164 valence electrons. The SMILES string of the molecule is CCOc1ccc(S(=O)(=O)N2CCC(c3cn(CC(=O)O)c4cc(F)ccc34)C2)cc1. The quantitative estimate of drug-likeness (QED) is 0.601. The molecule has 0 bridgehead atoms. The van der Waals surface area contributed by atoms with Crippen LogP contribution in [0.3, 0.4) is 0 Å². The molecule has 1 atom stereocenters. The second kappa shape index (κ2) is 8.32. The number of carbonyl (C=O) groups is 1. The molecule has 31 heavy (non-hydrogen) atoms. The van der Waals surface area contributed by atoms with Crippen molar-refractivity contribution in [2.75, 3.05) is 19.7 Å². The van der Waals surface area contributed by atoms with Crippen LogP contribution in [0.25, 0.3) is 10.9 Å². The summed E-state index contributed by atoms with van der Waals surface area (Å²) in [5.41, 5.74) is 1.32. The van der Waals surface area contributed by atoms with Crippen LogP contribution in [0.2, 0.25) is 0 Å². The number of benzene rings is 2. The molecule has 0 amide bonds. The number of sulfonamides is 1. The molecule has 1 aliphatic rings. The number of fused-ring (bicyclic) bond motifs is 1. The first kappa shape index (κ1) is 21.3. The van der Waals surface area contributed by atoms with E-state index in [9.17, 15) is 22.7 Å². The highest BCUT2D eigenvalue weighted by Gasteiger charge is 2.34. The van der Waals surface area contributed by atoms with E-state index in [-0.39, 0.29) is 23.9 Å². The minimum atomic E-state index is -3.67. The Balaban J connectivity index is 1.61. The molecular formula is C22H23FN2O5S. The lowest BCUT2D eigenvalue weighted by Crippen LogP contribution is -2.28. The van der Waals surface area contributed by atoms with Gasteiger partial charge >= 0.3 is 5.97 Å². The molecular weight excluding hydrogens is 423 g/mol. The number of halogens is 1. The van der Waals surface area contributed by atoms with Crippen molar-refractivity contribution in [2.24, 2.45) is 0 Å². The monoisotopic (exact) mass is 446 g/mol. The van der Waals surface area contributed by atoms with Gasteiger partial charge in [-0.1, -0.05) is 0 Å². The van der Waals surface area contributed by atoms with Gasteiger partial charge in [-0.05, 0) is 61.4 Å². The summed E-state index contributed by atoms with van der Waals surface area (Å²) in [6.07, 6.45) is 2.30. The molecule has 3 aromatic rings. The first-order valence-electron chi connectivity index (χ1n) is 10.0. The van der Waals surface area contributed by atoms with E-state index in [0.29, 0.717) is 30.8 Å². The fourth-order valence-electron chi connectivity index (χ4n) is 4.12. The molecule has 0 saturated carbocycles. The van der Waals surface area contributed by atoms with Gasteiger partial charge in [-0.2, -0.15) is 4.31 Å². The van der Waals surface area contributed by atoms with Crippen LogP contribution < -0.4 is 4.74 Å². The fraction of sp³-hybridized carbons (Fsp3) is 0.318. The fourth-order valence-corrected chi connectivity index (χ4v) is 5.62. The van der Waals surface area contributed by atoms with E-state index >= 15 is 0 Å². The molecule has 1 unspecified atom stereocenters. The van der Waals surface area contributed by atoms with Crippen LogP contribution in [0, 0.1) is 5.82 Å². The van der Waals surface area contributed by atoms with E-state index < -0.39 is 21.8 Å². The first-order chi connectivity index (χ1) is 14.8. The summed E-state index contributed by atoms with van der Waals surface area (Å²) in [6.45, 7) is 2.70. The zero-order chi connectivity index (χ0) is 22.2. The van der Waals surface area contributed by atoms with E-state index in [1.54, 1.807) is 24.4 Å². The highest BCUT2D eigenvalue weighted by molar-refractivity contribution is 7.89. The maximum absolute atomic E-state index is 13.8. The average Bonchev–Trinajstić information content (AvgIpc) is 3.34. The third-order valence-electron chi connectivity index (χ3n) is 5.54. The van der Waals surface area contributed by atoms with Crippen molar-refractivity contribution in [3.05, 3.63) is 60.0 Å². The zero-order valence-electron chi connectivity index (χ0n) is 17.0. The zero-order valence-corrected chi connectivity index (χ0v) is 17.8. The van der Waals surface area contributed by atoms with Crippen molar-refractivity contribution in [3.8, 4) is 5.75 Å². The smallest absolute Gasteiger partial charge is 0.323 e. The largest absolute Gasteiger partial charge is 0.494 e. The van der Waals surface area contributed by atoms with E-state index in [4.69, 9.17) is 4.74 Å². The van der Waals surface area contributed by atoms with Gasteiger partial charge < -0.3 is 14.4 Å². The van der Waals surface area contributed by atoms with Crippen molar-refractivity contribution in [2.45, 2.75) is 30.7 Å². The maximum atomic E-state index is 13.8. The van der Waals surface area contributed by atoms with E-state index in [1.807, 2.05) is 6.92 Å². The topological polar surface area (TPSA) is 88.8 Å². The summed E-state index contributed by atoms with van der Waals surface area (Å²) in [7, 11) is -3.67. The molecule has 1 saturated heterocycles. The van der Waals surface area contributed by atoms with E-state index in [2.05, 4.69) is 0 Å². The molecule has 1 aromatic heterocycles. The normalized spacial score (nSPS) is 17.3. The summed E-state index contributed by atoms with van der Waals surface area (Å²) >= 11 is 0. The molecule has 9 heteroatoms. The van der Waals surface area contributed by atoms with Crippen LogP contribution in [0.15, 0.2) is 53.6 Å². The van der Waals surface area contributed by atoms with Gasteiger partial charge in [0.1, 0.15) is 18.1 Å². The van der Waals surface area contributed by atoms with E-state index in [1.165, 1.54) is 33.1 Å². The number of aliphatic carboxylic acids is 1. The summed E-state index contributed by atoms with van der Waals surface area (Å²) < 4.78 is 48.3. The minimum Gasteiger partial charge on any atom is -0.494 e. The minimum absolute atomic E-state index is 0.111. The van der Waals surface area contributed by atoms with Crippen LogP contribution in [-0.4, -0.2) is 48.1 Å². The number of rotatable bonds is 7. The van der Waals surface area contributed by atoms with Gasteiger partial charge in [0, 0.05) is 30.6 Å². The number of carboxylic acid groups (broad SMARTS) is 1. The van der Waals surface area contributed by atoms with Gasteiger partial charge in [0.05, 0.1) is 17.0 Å². The first-order valence-corrected chi connectivity index (χ1v) is 11.5. The molecule has 0 radical (unpaired) electrons. The third-order valence-corrected chi connectivity index (χ3v) is 7.42. The Morgan fingerprint density at radius 1 is 1.23 bits per heavy atom. The van der Waals surface area contributed by atoms with Crippen molar-refractivity contribution in [1.82, 2.24) is 8.87 Å². The molecule has 1 aliphatic heterocycles. The Morgan fingerprint density at radius 3 is 2.65 bits per heavy atom. The number of hydrogen-bond donors (Lipinski definition) is 1. The summed E-state index contributed by atoms with van der Waals surface area (Å²) in [5, 5.41) is 9.93. The standard InChI is InChI=1S/C22H23FN2O5S/c1-2-30-17-4-6-18(7-5-17)31(28,29)25-10-9-15(12-25)20-13-24(14-22(26)27)21-11-16(23)3-8-19(20)21/h3-8,11,13,15H,2,9-10,12,14H2,1H3,(H,26,27). The highest BCUT2D eigenvalue weighted by Crippen LogP contribution is 2.36. The number of carboxylic acids is 1. The van der Waals surface area contributed by atoms with Crippen LogP contribution >= 0.6 is 0 Å². The van der Waals surface area contributed by atoms with Gasteiger partial charge in [-0.3, -0.25) is 4.79 Å². The van der Waals surface area contributed by atoms with Gasteiger partial charge in [0.2, 0.25) is 10.0 Å². The van der Waals surface area contributed by atoms with Crippen molar-refractivity contribution < 1.29 is 27.4 Å². The van der Waals surface area contributed by atoms with E-state index in [0.717, 1.165) is 10.9 Å². The Kier molecular flexibility index (Phi) is 5.72. The van der Waals surface area contributed by atoms with Crippen LogP contribution in [0.4, 0.5) is 4.39 Å². The Morgan fingerprint density at radius 2 is 1.97 bits per heavy atom. The van der Waals surface area contributed by atoms with Gasteiger partial charge in [0.15, 0.2) is 0 Å². The predicted octanol–water partition coefficient (Wildman–Crippen LogP) is 3.44. The third kappa shape index (κ3) is 4.15. The number of ether oxygens (including phenoxy) is 1. The number of aromatic nitrogens is 1. The molecule has 0 spiro atoms. The maximum Gasteiger partial charge on any atom is 0.323 e. The summed E-state index contributed by atoms with van der Waals surface area (Å²) in [4.78, 5) is 11.4. The van der Waals surface area contributed by atoms with Crippen molar-refractivity contribution >= 4 is 26.9 Å². The van der Waals surface area contributed by atoms with Crippen LogP contribution in [-0.2, 0) is 21.4 Å². The predicted molar refractivity (Wildman–Crippen MR) is 113 cm³/mol. The molecule has 1 fully saturated rings. The summed E-state index contributed by atoms with van der Waals surface area (Å²) in [5.74, 6) is -0.978. The van der Waals surface area contributed by atoms with Gasteiger partial charge in [-0.15, -0.1) is 0 Å². The Hall–Kier alpha value is -2.91. The van der Waals surface area contributed by atoms with Crippen molar-refractivity contribution in [3.63, 3.8) is 0 Å². The van der Waals surface area contributed by atoms with Crippen LogP contribution in [0.5, 0.6) is 5.75 Å². The lowest BCUT2D eigenvalue weighted by molar-refractivity contribution is -0.137. The number of hydrogen-bond acceptors (Lipinski definition) is 4. The van der Waals surface area contributed by atoms with Gasteiger partial charge in [-0.25, -0.2) is 12.8 Å². The second-order valence-electron chi connectivity index (χ2n) is 7.52. The average molecular weight is 447 g/mol. The lowest BCUT2D eigenvalue weighted by Gasteiger charge is -2.17. The molecule has 2 aromatic carbocycles. The second-order valence-corrected chi connectivity index (χ2v) is 9.46. The van der Waals surface area contributed by atoms with Crippen LogP contribution in [0.1, 0.15) is 24.8 Å². The highest BCUT2D eigenvalue weighted by atomic mass is 32.2. The Bertz CT molecular complexity index is 1220. The Labute approximate surface area is 179 Å². The molecule has 7 nitrogen and oxygen atoms in total. The molecule has 4 rings (SSSR count). The lowest BCUT2D eigenvalue weighted by atomic mass is 9.98. The molecule has 1 N–H and O–H groups in total. The van der Waals surface area contributed by atoms with Gasteiger partial charge in [0.25, 0.3) is 0 Å². The molecule has 0 aliphatic carbocycles. The molecule has 2 heterocycles. The number of nitrogens with zero attached hydrogens (tertiary/aromatic N) is 2.